The van der Waals surface area contributed by atoms with Crippen LogP contribution in [0.4, 0.5) is 5.69 Å². The van der Waals surface area contributed by atoms with Gasteiger partial charge in [0.1, 0.15) is 0 Å². The molecule has 5 nitrogen and oxygen atoms in total. The van der Waals surface area contributed by atoms with Crippen LogP contribution in [0.1, 0.15) is 20.2 Å². The summed E-state index contributed by atoms with van der Waals surface area (Å²) >= 11 is 1.22. The molecule has 0 bridgehead atoms. The van der Waals surface area contributed by atoms with Crippen LogP contribution < -0.4 is 5.32 Å². The number of carbonyl (C=O) groups is 2. The number of nitrogens with zero attached hydrogens (tertiary/aromatic N) is 1. The third-order valence-electron chi connectivity index (χ3n) is 4.17. The number of hydrogen-bond donors (Lipinski definition) is 2. The molecule has 1 heterocycles. The van der Waals surface area contributed by atoms with Crippen molar-refractivity contribution in [2.24, 2.45) is 0 Å². The predicted octanol–water partition coefficient (Wildman–Crippen LogP) is 4.91. The number of carboxylic acid groups (broad SMARTS) is 1. The summed E-state index contributed by atoms with van der Waals surface area (Å²) in [4.78, 5) is 28.3. The molecule has 0 aliphatic heterocycles. The number of nitrogens with one attached hydrogen (secondary N) is 1. The number of hydrogen-bond acceptors (Lipinski definition) is 4. The highest BCUT2D eigenvalue weighted by Gasteiger charge is 2.16. The Morgan fingerprint density at radius 2 is 1.67 bits per heavy atom. The molecule has 0 saturated carbocycles. The van der Waals surface area contributed by atoms with Gasteiger partial charge in [0.15, 0.2) is 5.01 Å². The molecule has 0 spiro atoms. The summed E-state index contributed by atoms with van der Waals surface area (Å²) in [5.41, 5.74) is 1.95. The second-order valence-corrected chi connectivity index (χ2v) is 6.73. The number of carboxylic acids is 1. The fourth-order valence-electron chi connectivity index (χ4n) is 2.90. The van der Waals surface area contributed by atoms with Crippen molar-refractivity contribution >= 4 is 39.7 Å². The molecule has 0 saturated heterocycles. The molecule has 0 atom stereocenters. The van der Waals surface area contributed by atoms with Crippen LogP contribution in [0.5, 0.6) is 0 Å². The molecule has 1 aromatic heterocycles. The Morgan fingerprint density at radius 3 is 2.52 bits per heavy atom. The number of rotatable bonds is 4. The summed E-state index contributed by atoms with van der Waals surface area (Å²) in [5.74, 6) is -1.53. The molecule has 0 unspecified atom stereocenters. The van der Waals surface area contributed by atoms with Gasteiger partial charge in [-0.15, -0.1) is 11.3 Å². The monoisotopic (exact) mass is 374 g/mol. The van der Waals surface area contributed by atoms with Crippen LogP contribution in [-0.4, -0.2) is 22.0 Å². The van der Waals surface area contributed by atoms with Gasteiger partial charge in [-0.1, -0.05) is 54.6 Å². The fraction of sp³-hybridized carbons (Fsp3) is 0. The van der Waals surface area contributed by atoms with Gasteiger partial charge in [-0.05, 0) is 22.9 Å². The number of fused-ring (bicyclic) bond motifs is 1. The van der Waals surface area contributed by atoms with Gasteiger partial charge >= 0.3 is 5.97 Å². The third kappa shape index (κ3) is 3.30. The van der Waals surface area contributed by atoms with Crippen molar-refractivity contribution in [3.05, 3.63) is 82.7 Å². The maximum absolute atomic E-state index is 12.5. The van der Waals surface area contributed by atoms with Crippen LogP contribution in [0.25, 0.3) is 22.0 Å². The zero-order chi connectivity index (χ0) is 18.8. The van der Waals surface area contributed by atoms with Gasteiger partial charge in [-0.2, -0.15) is 0 Å². The van der Waals surface area contributed by atoms with Gasteiger partial charge in [0, 0.05) is 10.9 Å². The van der Waals surface area contributed by atoms with Gasteiger partial charge in [0.25, 0.3) is 5.91 Å². The number of aromatic nitrogens is 1. The van der Waals surface area contributed by atoms with Crippen molar-refractivity contribution < 1.29 is 14.7 Å². The molecule has 132 valence electrons. The average Bonchev–Trinajstić information content (AvgIpc) is 3.18. The van der Waals surface area contributed by atoms with E-state index in [0.29, 0.717) is 5.69 Å². The van der Waals surface area contributed by atoms with Crippen LogP contribution in [0.2, 0.25) is 0 Å². The maximum Gasteiger partial charge on any atom is 0.337 e. The first kappa shape index (κ1) is 16.9. The Hall–Kier alpha value is -3.51. The molecular weight excluding hydrogens is 360 g/mol. The van der Waals surface area contributed by atoms with E-state index in [1.54, 1.807) is 18.2 Å². The molecule has 27 heavy (non-hydrogen) atoms. The minimum atomic E-state index is -1.10. The van der Waals surface area contributed by atoms with Crippen molar-refractivity contribution in [3.63, 3.8) is 0 Å². The number of anilines is 1. The van der Waals surface area contributed by atoms with E-state index >= 15 is 0 Å². The first-order valence-electron chi connectivity index (χ1n) is 8.21. The quantitative estimate of drug-likeness (QED) is 0.532. The van der Waals surface area contributed by atoms with E-state index in [2.05, 4.69) is 10.3 Å². The highest BCUT2D eigenvalue weighted by Crippen LogP contribution is 2.29. The lowest BCUT2D eigenvalue weighted by Crippen LogP contribution is -2.14. The first-order valence-corrected chi connectivity index (χ1v) is 9.09. The van der Waals surface area contributed by atoms with Crippen LogP contribution in [0, 0.1) is 0 Å². The number of aromatic carboxylic acids is 1. The summed E-state index contributed by atoms with van der Waals surface area (Å²) in [6.45, 7) is 0. The molecule has 0 radical (unpaired) electrons. The van der Waals surface area contributed by atoms with Crippen molar-refractivity contribution in [1.29, 1.82) is 0 Å². The van der Waals surface area contributed by atoms with Gasteiger partial charge in [-0.25, -0.2) is 9.78 Å². The molecule has 3 aromatic carbocycles. The van der Waals surface area contributed by atoms with Crippen molar-refractivity contribution in [3.8, 4) is 11.3 Å². The number of thiazole rings is 1. The van der Waals surface area contributed by atoms with E-state index in [0.717, 1.165) is 16.3 Å². The van der Waals surface area contributed by atoms with Crippen LogP contribution >= 0.6 is 11.3 Å². The molecule has 4 rings (SSSR count). The lowest BCUT2D eigenvalue weighted by Gasteiger charge is -2.06. The van der Waals surface area contributed by atoms with E-state index in [4.69, 9.17) is 0 Å². The summed E-state index contributed by atoms with van der Waals surface area (Å²) in [5, 5.41) is 16.2. The van der Waals surface area contributed by atoms with E-state index in [-0.39, 0.29) is 16.3 Å². The topological polar surface area (TPSA) is 79.3 Å². The Bertz CT molecular complexity index is 1160. The van der Waals surface area contributed by atoms with Crippen LogP contribution in [0.15, 0.2) is 72.1 Å². The largest absolute Gasteiger partial charge is 0.478 e. The van der Waals surface area contributed by atoms with Gasteiger partial charge in [-0.3, -0.25) is 4.79 Å². The zero-order valence-electron chi connectivity index (χ0n) is 14.0. The van der Waals surface area contributed by atoms with Crippen molar-refractivity contribution in [1.82, 2.24) is 4.98 Å². The predicted molar refractivity (Wildman–Crippen MR) is 106 cm³/mol. The van der Waals surface area contributed by atoms with E-state index in [1.807, 2.05) is 47.8 Å². The molecule has 0 aliphatic rings. The zero-order valence-corrected chi connectivity index (χ0v) is 14.9. The van der Waals surface area contributed by atoms with E-state index < -0.39 is 11.9 Å². The van der Waals surface area contributed by atoms with Gasteiger partial charge < -0.3 is 10.4 Å². The number of amides is 1. The van der Waals surface area contributed by atoms with E-state index in [9.17, 15) is 14.7 Å². The third-order valence-corrected chi connectivity index (χ3v) is 5.01. The van der Waals surface area contributed by atoms with Gasteiger partial charge in [0.05, 0.1) is 16.9 Å². The summed E-state index contributed by atoms with van der Waals surface area (Å²) < 4.78 is 0. The Labute approximate surface area is 158 Å². The minimum absolute atomic E-state index is 0.0386. The average molecular weight is 374 g/mol. The molecule has 1 amide bonds. The minimum Gasteiger partial charge on any atom is -0.478 e. The van der Waals surface area contributed by atoms with Crippen molar-refractivity contribution in [2.75, 3.05) is 5.32 Å². The smallest absolute Gasteiger partial charge is 0.337 e. The van der Waals surface area contributed by atoms with Crippen LogP contribution in [-0.2, 0) is 0 Å². The SMILES string of the molecule is O=C(Nc1ccccc1C(=O)O)c1nc(-c2cccc3ccccc23)cs1. The first-order chi connectivity index (χ1) is 13.1. The lowest BCUT2D eigenvalue weighted by atomic mass is 10.0. The van der Waals surface area contributed by atoms with Crippen molar-refractivity contribution in [2.45, 2.75) is 0 Å². The molecule has 6 heteroatoms. The Morgan fingerprint density at radius 1 is 0.926 bits per heavy atom. The number of para-hydroxylation sites is 1. The Kier molecular flexibility index (Phi) is 4.40. The molecule has 0 fully saturated rings. The lowest BCUT2D eigenvalue weighted by molar-refractivity contribution is 0.0698. The van der Waals surface area contributed by atoms with Crippen LogP contribution in [0.3, 0.4) is 0 Å². The highest BCUT2D eigenvalue weighted by atomic mass is 32.1. The number of benzene rings is 3. The Balaban J connectivity index is 1.65. The molecule has 0 aliphatic carbocycles. The molecule has 4 aromatic rings. The normalized spacial score (nSPS) is 10.7. The summed E-state index contributed by atoms with van der Waals surface area (Å²) in [6, 6.07) is 20.2. The molecule has 2 N–H and O–H groups in total. The highest BCUT2D eigenvalue weighted by molar-refractivity contribution is 7.12. The maximum atomic E-state index is 12.5. The standard InChI is InChI=1S/C21H14N2O3S/c24-19(22-17-11-4-3-9-16(17)21(25)26)20-23-18(12-27-20)15-10-5-7-13-6-1-2-8-14(13)15/h1-12H,(H,22,24)(H,25,26). The fourth-order valence-corrected chi connectivity index (χ4v) is 3.62. The molecular formula is C21H14N2O3S. The summed E-state index contributed by atoms with van der Waals surface area (Å²) in [6.07, 6.45) is 0. The second-order valence-electron chi connectivity index (χ2n) is 5.87. The second kappa shape index (κ2) is 7.01. The number of carbonyl (C=O) groups excluding carboxylic acids is 1. The van der Waals surface area contributed by atoms with E-state index in [1.165, 1.54) is 17.4 Å². The summed E-state index contributed by atoms with van der Waals surface area (Å²) in [7, 11) is 0. The van der Waals surface area contributed by atoms with Gasteiger partial charge in [0.2, 0.25) is 0 Å².